The van der Waals surface area contributed by atoms with E-state index < -0.39 is 0 Å². The number of hydrogen-bond acceptors (Lipinski definition) is 2. The molecule has 2 heterocycles. The summed E-state index contributed by atoms with van der Waals surface area (Å²) >= 11 is 0. The minimum atomic E-state index is 0. The number of hydrogen-bond donors (Lipinski definition) is 0. The van der Waals surface area contributed by atoms with Crippen molar-refractivity contribution in [3.05, 3.63) is 50.4 Å². The Balaban J connectivity index is 0.00000220. The highest BCUT2D eigenvalue weighted by atomic mass is 79.9. The Bertz CT molecular complexity index is 413. The molecule has 0 saturated heterocycles. The SMILES string of the molecule is C=C[N+]1(CCCCCC[N+]2(C=C)C=CN=C2)C=CN=C1.[Br-].[Br-]. The first kappa shape index (κ1) is 21.2. The second-order valence-electron chi connectivity index (χ2n) is 5.34. The second kappa shape index (κ2) is 10.0. The van der Waals surface area contributed by atoms with Gasteiger partial charge in [-0.2, -0.15) is 0 Å². The molecule has 4 nitrogen and oxygen atoms in total. The molecule has 0 radical (unpaired) electrons. The van der Waals surface area contributed by atoms with Crippen LogP contribution >= 0.6 is 0 Å². The van der Waals surface area contributed by atoms with Gasteiger partial charge in [0.15, 0.2) is 12.7 Å². The van der Waals surface area contributed by atoms with Crippen molar-refractivity contribution >= 4 is 12.7 Å². The van der Waals surface area contributed by atoms with E-state index in [1.807, 2.05) is 37.5 Å². The highest BCUT2D eigenvalue weighted by Crippen LogP contribution is 2.17. The molecule has 2 unspecified atom stereocenters. The zero-order chi connectivity index (χ0) is 14.3. The second-order valence-corrected chi connectivity index (χ2v) is 5.34. The topological polar surface area (TPSA) is 24.7 Å². The number of nitrogens with zero attached hydrogens (tertiary/aromatic N) is 4. The van der Waals surface area contributed by atoms with E-state index in [4.69, 9.17) is 0 Å². The number of halogens is 2. The lowest BCUT2D eigenvalue weighted by Crippen LogP contribution is -3.00. The van der Waals surface area contributed by atoms with Crippen molar-refractivity contribution in [2.75, 3.05) is 13.1 Å². The third-order valence-corrected chi connectivity index (χ3v) is 3.94. The summed E-state index contributed by atoms with van der Waals surface area (Å²) < 4.78 is 1.37. The van der Waals surface area contributed by atoms with E-state index in [0.717, 1.165) is 13.1 Å². The zero-order valence-electron chi connectivity index (χ0n) is 12.8. The fourth-order valence-electron chi connectivity index (χ4n) is 2.52. The standard InChI is InChI=1S/C16H24N4.2BrH/c1-3-19(13-9-17-15-19)11-7-5-6-8-12-20(4-2)14-10-18-16-20;;/h3-4,9-10,13-16H,1-2,5-8,11-12H2;2*1H/q+2;;/p-2. The first-order valence-corrected chi connectivity index (χ1v) is 7.20. The smallest absolute Gasteiger partial charge is 0.199 e. The van der Waals surface area contributed by atoms with Crippen molar-refractivity contribution in [1.82, 2.24) is 0 Å². The minimum absolute atomic E-state index is 0. The minimum Gasteiger partial charge on any atom is -1.00 e. The van der Waals surface area contributed by atoms with E-state index in [2.05, 4.69) is 35.5 Å². The third kappa shape index (κ3) is 5.43. The highest BCUT2D eigenvalue weighted by Gasteiger charge is 2.23. The van der Waals surface area contributed by atoms with Crippen molar-refractivity contribution in [3.8, 4) is 0 Å². The molecule has 0 saturated carbocycles. The van der Waals surface area contributed by atoms with Crippen molar-refractivity contribution in [2.24, 2.45) is 9.98 Å². The summed E-state index contributed by atoms with van der Waals surface area (Å²) in [5, 5.41) is 0. The van der Waals surface area contributed by atoms with E-state index >= 15 is 0 Å². The summed E-state index contributed by atoms with van der Waals surface area (Å²) in [6.45, 7) is 9.89. The molecule has 0 aromatic carbocycles. The van der Waals surface area contributed by atoms with Crippen molar-refractivity contribution in [3.63, 3.8) is 0 Å². The maximum absolute atomic E-state index is 4.16. The summed E-state index contributed by atoms with van der Waals surface area (Å²) in [6.07, 6.45) is 20.4. The molecule has 2 aliphatic rings. The van der Waals surface area contributed by atoms with Crippen molar-refractivity contribution in [2.45, 2.75) is 25.7 Å². The van der Waals surface area contributed by atoms with Crippen LogP contribution in [0.15, 0.2) is 60.3 Å². The lowest BCUT2D eigenvalue weighted by atomic mass is 10.1. The largest absolute Gasteiger partial charge is 1.00 e. The fraction of sp³-hybridized carbons (Fsp3) is 0.375. The number of aliphatic imine (C=N–C) groups is 2. The maximum atomic E-state index is 4.16. The molecule has 0 aromatic rings. The van der Waals surface area contributed by atoms with E-state index in [0.29, 0.717) is 8.97 Å². The van der Waals surface area contributed by atoms with Gasteiger partial charge in [0.1, 0.15) is 12.4 Å². The maximum Gasteiger partial charge on any atom is 0.199 e. The Morgan fingerprint density at radius 1 is 0.727 bits per heavy atom. The van der Waals surface area contributed by atoms with Gasteiger partial charge >= 0.3 is 0 Å². The van der Waals surface area contributed by atoms with Crippen LogP contribution in [0.4, 0.5) is 0 Å². The first-order valence-electron chi connectivity index (χ1n) is 7.20. The predicted molar refractivity (Wildman–Crippen MR) is 84.4 cm³/mol. The molecule has 2 aliphatic heterocycles. The molecule has 0 spiro atoms. The number of rotatable bonds is 9. The summed E-state index contributed by atoms with van der Waals surface area (Å²) in [5.41, 5.74) is 0. The van der Waals surface area contributed by atoms with Gasteiger partial charge in [-0.15, -0.1) is 0 Å². The predicted octanol–water partition coefficient (Wildman–Crippen LogP) is -2.50. The lowest BCUT2D eigenvalue weighted by molar-refractivity contribution is -0.722. The Kier molecular flexibility index (Phi) is 9.67. The molecular weight excluding hydrogens is 408 g/mol. The monoisotopic (exact) mass is 430 g/mol. The van der Waals surface area contributed by atoms with Gasteiger partial charge in [0.25, 0.3) is 0 Å². The summed E-state index contributed by atoms with van der Waals surface area (Å²) in [4.78, 5) is 8.31. The number of quaternary nitrogens is 2. The molecule has 6 heteroatoms. The quantitative estimate of drug-likeness (QED) is 0.285. The molecule has 2 rings (SSSR count). The van der Waals surface area contributed by atoms with Crippen molar-refractivity contribution in [1.29, 1.82) is 0 Å². The van der Waals surface area contributed by atoms with Crippen LogP contribution in [0.1, 0.15) is 25.7 Å². The van der Waals surface area contributed by atoms with Crippen molar-refractivity contribution < 1.29 is 42.9 Å². The van der Waals surface area contributed by atoms with Crippen LogP contribution < -0.4 is 34.0 Å². The average molecular weight is 432 g/mol. The Morgan fingerprint density at radius 3 is 1.41 bits per heavy atom. The van der Waals surface area contributed by atoms with Gasteiger partial charge in [-0.05, 0) is 38.8 Å². The van der Waals surface area contributed by atoms with E-state index in [-0.39, 0.29) is 34.0 Å². The van der Waals surface area contributed by atoms with Gasteiger partial charge in [0.2, 0.25) is 0 Å². The van der Waals surface area contributed by atoms with Gasteiger partial charge in [-0.25, -0.2) is 19.0 Å². The highest BCUT2D eigenvalue weighted by molar-refractivity contribution is 5.52. The van der Waals surface area contributed by atoms with E-state index in [9.17, 15) is 0 Å². The zero-order valence-corrected chi connectivity index (χ0v) is 16.0. The lowest BCUT2D eigenvalue weighted by Gasteiger charge is -2.23. The van der Waals surface area contributed by atoms with Crippen LogP contribution in [0.2, 0.25) is 0 Å². The molecule has 0 amide bonds. The molecule has 0 N–H and O–H groups in total. The Labute approximate surface area is 154 Å². The third-order valence-electron chi connectivity index (χ3n) is 3.94. The molecule has 0 fully saturated rings. The summed E-state index contributed by atoms with van der Waals surface area (Å²) in [5.74, 6) is 0. The molecule has 122 valence electrons. The van der Waals surface area contributed by atoms with Gasteiger partial charge in [-0.1, -0.05) is 0 Å². The van der Waals surface area contributed by atoms with Crippen LogP contribution in [0.3, 0.4) is 0 Å². The van der Waals surface area contributed by atoms with Gasteiger partial charge in [0.05, 0.1) is 37.9 Å². The molecule has 0 aliphatic carbocycles. The molecule has 0 bridgehead atoms. The van der Waals surface area contributed by atoms with Crippen LogP contribution in [0, 0.1) is 0 Å². The number of unbranched alkanes of at least 4 members (excludes halogenated alkanes) is 3. The summed E-state index contributed by atoms with van der Waals surface area (Å²) in [6, 6.07) is 0. The average Bonchev–Trinajstić information content (AvgIpc) is 3.13. The van der Waals surface area contributed by atoms with Gasteiger partial charge < -0.3 is 34.0 Å². The molecule has 22 heavy (non-hydrogen) atoms. The Morgan fingerprint density at radius 2 is 1.14 bits per heavy atom. The van der Waals surface area contributed by atoms with Crippen LogP contribution in [0.5, 0.6) is 0 Å². The van der Waals surface area contributed by atoms with Crippen LogP contribution in [-0.2, 0) is 0 Å². The normalized spacial score (nSPS) is 27.5. The van der Waals surface area contributed by atoms with Gasteiger partial charge in [-0.3, -0.25) is 0 Å². The molecule has 2 atom stereocenters. The fourth-order valence-corrected chi connectivity index (χ4v) is 2.52. The summed E-state index contributed by atoms with van der Waals surface area (Å²) in [7, 11) is 0. The van der Waals surface area contributed by atoms with E-state index in [1.165, 1.54) is 25.7 Å². The molecular formula is C16H24Br2N4. The first-order chi connectivity index (χ1) is 9.74. The van der Waals surface area contributed by atoms with Crippen LogP contribution in [0.25, 0.3) is 0 Å². The van der Waals surface area contributed by atoms with E-state index in [1.54, 1.807) is 0 Å². The molecule has 0 aromatic heterocycles. The van der Waals surface area contributed by atoms with Crippen LogP contribution in [-0.4, -0.2) is 34.7 Å². The Hall–Kier alpha value is -0.820. The van der Waals surface area contributed by atoms with Gasteiger partial charge in [0, 0.05) is 0 Å².